The fourth-order valence-corrected chi connectivity index (χ4v) is 11.6. The van der Waals surface area contributed by atoms with E-state index in [9.17, 15) is 0 Å². The predicted molar refractivity (Wildman–Crippen MR) is 288 cm³/mol. The maximum absolute atomic E-state index is 2.53. The van der Waals surface area contributed by atoms with Crippen molar-refractivity contribution in [2.45, 2.75) is 79.6 Å². The smallest absolute Gasteiger partial charge is 0.000719 e. The monoisotopic (exact) mass is 848 g/mol. The van der Waals surface area contributed by atoms with Crippen molar-refractivity contribution in [3.05, 3.63) is 192 Å². The minimum Gasteiger partial charge on any atom is -0.0622 e. The molecule has 0 saturated carbocycles. The van der Waals surface area contributed by atoms with Crippen molar-refractivity contribution in [1.82, 2.24) is 0 Å². The zero-order valence-electron chi connectivity index (χ0n) is 39.7. The molecule has 0 N–H and O–H groups in total. The molecule has 0 atom stereocenters. The van der Waals surface area contributed by atoms with Crippen molar-refractivity contribution in [1.29, 1.82) is 0 Å². The lowest BCUT2D eigenvalue weighted by molar-refractivity contribution is 0.589. The molecule has 12 rings (SSSR count). The van der Waals surface area contributed by atoms with Gasteiger partial charge in [0, 0.05) is 0 Å². The highest BCUT2D eigenvalue weighted by Gasteiger charge is 2.33. The van der Waals surface area contributed by atoms with Crippen LogP contribution in [0.2, 0.25) is 0 Å². The second-order valence-corrected chi connectivity index (χ2v) is 21.0. The predicted octanol–water partition coefficient (Wildman–Crippen LogP) is 19.4. The van der Waals surface area contributed by atoms with Crippen LogP contribution in [0.15, 0.2) is 164 Å². The average molecular weight is 849 g/mol. The zero-order valence-corrected chi connectivity index (χ0v) is 39.7. The van der Waals surface area contributed by atoms with E-state index in [0.717, 1.165) is 0 Å². The molecule has 0 saturated heterocycles. The number of fused-ring (bicyclic) bond motifs is 5. The van der Waals surface area contributed by atoms with Crippen molar-refractivity contribution < 1.29 is 0 Å². The molecule has 66 heavy (non-hydrogen) atoms. The van der Waals surface area contributed by atoms with Crippen LogP contribution in [0.5, 0.6) is 0 Å². The van der Waals surface area contributed by atoms with Crippen LogP contribution in [0, 0.1) is 13.8 Å². The lowest BCUT2D eigenvalue weighted by Gasteiger charge is -2.24. The third-order valence-corrected chi connectivity index (χ3v) is 15.0. The Kier molecular flexibility index (Phi) is 9.05. The van der Waals surface area contributed by atoms with Crippen LogP contribution < -0.4 is 0 Å². The Labute approximate surface area is 389 Å². The minimum atomic E-state index is 0.0829. The molecule has 1 aliphatic carbocycles. The van der Waals surface area contributed by atoms with Crippen LogP contribution in [0.3, 0.4) is 0 Å². The van der Waals surface area contributed by atoms with E-state index < -0.39 is 0 Å². The summed E-state index contributed by atoms with van der Waals surface area (Å²) in [5, 5.41) is 13.1. The van der Waals surface area contributed by atoms with Gasteiger partial charge in [-0.05, 0) is 210 Å². The highest BCUT2D eigenvalue weighted by Crippen LogP contribution is 2.60. The molecule has 1 aliphatic rings. The molecule has 0 aliphatic heterocycles. The largest absolute Gasteiger partial charge is 0.0622 e. The number of benzene rings is 11. The zero-order chi connectivity index (χ0) is 45.3. The van der Waals surface area contributed by atoms with Gasteiger partial charge in [0.2, 0.25) is 0 Å². The maximum Gasteiger partial charge on any atom is -0.000719 e. The molecule has 0 unspecified atom stereocenters. The minimum absolute atomic E-state index is 0.0829. The number of rotatable bonds is 6. The molecular weight excluding hydrogens is 793 g/mol. The van der Waals surface area contributed by atoms with E-state index in [4.69, 9.17) is 0 Å². The Balaban J connectivity index is 1.19. The van der Waals surface area contributed by atoms with Gasteiger partial charge in [-0.25, -0.2) is 0 Å². The van der Waals surface area contributed by atoms with E-state index in [2.05, 4.69) is 226 Å². The first kappa shape index (κ1) is 40.5. The van der Waals surface area contributed by atoms with E-state index >= 15 is 0 Å². The van der Waals surface area contributed by atoms with Crippen molar-refractivity contribution in [2.24, 2.45) is 0 Å². The Morgan fingerprint density at radius 3 is 1.50 bits per heavy atom. The molecule has 0 radical (unpaired) electrons. The third-order valence-electron chi connectivity index (χ3n) is 15.0. The topological polar surface area (TPSA) is 0 Å². The molecule has 0 bridgehead atoms. The highest BCUT2D eigenvalue weighted by molar-refractivity contribution is 6.37. The fraction of sp³-hybridized carbons (Fsp3) is 0.182. The van der Waals surface area contributed by atoms with Gasteiger partial charge in [0.15, 0.2) is 0 Å². The highest BCUT2D eigenvalue weighted by atomic mass is 14.4. The van der Waals surface area contributed by atoms with Crippen molar-refractivity contribution in [2.75, 3.05) is 0 Å². The van der Waals surface area contributed by atoms with Crippen LogP contribution >= 0.6 is 0 Å². The summed E-state index contributed by atoms with van der Waals surface area (Å²) in [5.41, 5.74) is 22.6. The lowest BCUT2D eigenvalue weighted by atomic mass is 9.80. The standard InChI is InChI=1S/C66H56/c1-37(2)47-30-48(38(3)4)32-49(31-47)43-23-24-44-33-55-56(36-50(44)29-43)60(42-19-14-11-15-20-42)65-57-35-45-21-16-22-52-54(58-39(5)27-51(28-40(58)6)66(7,8)9)34-46-25-26-53(63(57)62(46)61(45)52)64(65)59(55)41-17-12-10-13-18-41/h10-38H,1-9H3. The fourth-order valence-electron chi connectivity index (χ4n) is 11.6. The summed E-state index contributed by atoms with van der Waals surface area (Å²) in [6, 6.07) is 63.5. The normalized spacial score (nSPS) is 12.6. The van der Waals surface area contributed by atoms with Gasteiger partial charge < -0.3 is 0 Å². The Bertz CT molecular complexity index is 3730. The summed E-state index contributed by atoms with van der Waals surface area (Å²) in [6.07, 6.45) is 0. The van der Waals surface area contributed by atoms with Crippen LogP contribution in [-0.4, -0.2) is 0 Å². The first-order valence-electron chi connectivity index (χ1n) is 24.0. The van der Waals surface area contributed by atoms with Crippen molar-refractivity contribution >= 4 is 53.9 Å². The molecule has 0 heterocycles. The Morgan fingerprint density at radius 2 is 0.894 bits per heavy atom. The SMILES string of the molecule is Cc1cc(C(C)(C)C)cc(C)c1-c1cc2ccc3c4c(cc5cccc1c5c24)-c1c-3c(-c2ccccc2)c2cc3ccc(-c4cc(C(C)C)cc(C(C)C)c4)cc3cc2c1-c1ccccc1. The van der Waals surface area contributed by atoms with Gasteiger partial charge in [0.1, 0.15) is 0 Å². The number of aryl methyl sites for hydroxylation is 2. The van der Waals surface area contributed by atoms with Gasteiger partial charge >= 0.3 is 0 Å². The molecule has 0 nitrogen and oxygen atoms in total. The molecule has 0 heteroatoms. The summed E-state index contributed by atoms with van der Waals surface area (Å²) in [5.74, 6) is 0.914. The summed E-state index contributed by atoms with van der Waals surface area (Å²) < 4.78 is 0. The van der Waals surface area contributed by atoms with E-state index in [0.29, 0.717) is 11.8 Å². The van der Waals surface area contributed by atoms with Crippen molar-refractivity contribution in [3.8, 4) is 66.8 Å². The van der Waals surface area contributed by atoms with Gasteiger partial charge in [-0.2, -0.15) is 0 Å². The molecule has 11 aromatic rings. The molecule has 0 amide bonds. The molecular formula is C66H56. The van der Waals surface area contributed by atoms with E-state index in [-0.39, 0.29) is 5.41 Å². The quantitative estimate of drug-likeness (QED) is 0.116. The van der Waals surface area contributed by atoms with Gasteiger partial charge in [0.05, 0.1) is 0 Å². The van der Waals surface area contributed by atoms with Gasteiger partial charge in [-0.15, -0.1) is 0 Å². The summed E-state index contributed by atoms with van der Waals surface area (Å²) in [6.45, 7) is 20.8. The average Bonchev–Trinajstić information content (AvgIpc) is 3.63. The maximum atomic E-state index is 2.53. The van der Waals surface area contributed by atoms with Gasteiger partial charge in [-0.1, -0.05) is 182 Å². The first-order valence-corrected chi connectivity index (χ1v) is 24.0. The Morgan fingerprint density at radius 1 is 0.333 bits per heavy atom. The van der Waals surface area contributed by atoms with Crippen LogP contribution in [0.1, 0.15) is 88.1 Å². The van der Waals surface area contributed by atoms with Gasteiger partial charge in [0.25, 0.3) is 0 Å². The van der Waals surface area contributed by atoms with E-state index in [1.54, 1.807) is 0 Å². The second kappa shape index (κ2) is 14.7. The summed E-state index contributed by atoms with van der Waals surface area (Å²) in [7, 11) is 0. The van der Waals surface area contributed by atoms with Gasteiger partial charge in [-0.3, -0.25) is 0 Å². The van der Waals surface area contributed by atoms with Crippen molar-refractivity contribution in [3.63, 3.8) is 0 Å². The van der Waals surface area contributed by atoms with Crippen LogP contribution in [0.25, 0.3) is 121 Å². The number of hydrogen-bond acceptors (Lipinski definition) is 0. The number of hydrogen-bond donors (Lipinski definition) is 0. The van der Waals surface area contributed by atoms with Crippen LogP contribution in [-0.2, 0) is 5.41 Å². The first-order chi connectivity index (χ1) is 31.8. The summed E-state index contributed by atoms with van der Waals surface area (Å²) >= 11 is 0. The van der Waals surface area contributed by atoms with Crippen LogP contribution in [0.4, 0.5) is 0 Å². The van der Waals surface area contributed by atoms with E-state index in [1.165, 1.54) is 148 Å². The summed E-state index contributed by atoms with van der Waals surface area (Å²) in [4.78, 5) is 0. The Hall–Kier alpha value is -7.02. The molecule has 0 fully saturated rings. The third kappa shape index (κ3) is 6.11. The second-order valence-electron chi connectivity index (χ2n) is 21.0. The molecule has 0 aromatic heterocycles. The van der Waals surface area contributed by atoms with E-state index in [1.807, 2.05) is 0 Å². The molecule has 11 aromatic carbocycles. The molecule has 320 valence electrons. The lowest BCUT2D eigenvalue weighted by Crippen LogP contribution is -2.12. The molecule has 0 spiro atoms.